The van der Waals surface area contributed by atoms with Gasteiger partial charge in [-0.15, -0.1) is 0 Å². The van der Waals surface area contributed by atoms with E-state index in [0.717, 1.165) is 0 Å². The molecule has 0 aliphatic heterocycles. The number of aldehydes is 2. The monoisotopic (exact) mass is 304 g/mol. The SMILES string of the molecule is COc1cccc(C=O)c1O.COc1cccc(C=O)c1O. The molecule has 6 nitrogen and oxygen atoms in total. The number of carbonyl (C=O) groups excluding carboxylic acids is 2. The molecule has 2 aromatic rings. The van der Waals surface area contributed by atoms with Gasteiger partial charge in [0.05, 0.1) is 25.3 Å². The highest BCUT2D eigenvalue weighted by Crippen LogP contribution is 2.28. The van der Waals surface area contributed by atoms with Crippen molar-refractivity contribution in [2.45, 2.75) is 0 Å². The van der Waals surface area contributed by atoms with Crippen LogP contribution in [-0.2, 0) is 0 Å². The molecule has 6 heteroatoms. The summed E-state index contributed by atoms with van der Waals surface area (Å²) >= 11 is 0. The van der Waals surface area contributed by atoms with Crippen molar-refractivity contribution in [3.63, 3.8) is 0 Å². The van der Waals surface area contributed by atoms with Crippen LogP contribution in [0.5, 0.6) is 23.0 Å². The number of aromatic hydroxyl groups is 2. The number of phenolic OH excluding ortho intramolecular Hbond substituents is 2. The predicted octanol–water partition coefficient (Wildman–Crippen LogP) is 2.43. The minimum absolute atomic E-state index is 0.106. The third kappa shape index (κ3) is 3.99. The first-order valence-electron chi connectivity index (χ1n) is 6.21. The van der Waals surface area contributed by atoms with Gasteiger partial charge in [-0.05, 0) is 24.3 Å². The van der Waals surface area contributed by atoms with E-state index < -0.39 is 0 Å². The van der Waals surface area contributed by atoms with Crippen LogP contribution in [0.25, 0.3) is 0 Å². The molecule has 0 saturated heterocycles. The second kappa shape index (κ2) is 8.31. The number of rotatable bonds is 4. The van der Waals surface area contributed by atoms with Gasteiger partial charge in [0.15, 0.2) is 35.6 Å². The summed E-state index contributed by atoms with van der Waals surface area (Å²) in [5, 5.41) is 18.5. The fourth-order valence-corrected chi connectivity index (χ4v) is 1.60. The summed E-state index contributed by atoms with van der Waals surface area (Å²) in [7, 11) is 2.87. The van der Waals surface area contributed by atoms with Crippen LogP contribution in [0.3, 0.4) is 0 Å². The van der Waals surface area contributed by atoms with E-state index in [9.17, 15) is 19.8 Å². The summed E-state index contributed by atoms with van der Waals surface area (Å²) < 4.78 is 9.56. The van der Waals surface area contributed by atoms with E-state index in [0.29, 0.717) is 24.1 Å². The third-order valence-electron chi connectivity index (χ3n) is 2.75. The highest BCUT2D eigenvalue weighted by Gasteiger charge is 2.05. The zero-order valence-corrected chi connectivity index (χ0v) is 12.1. The number of carbonyl (C=O) groups is 2. The van der Waals surface area contributed by atoms with Gasteiger partial charge < -0.3 is 19.7 Å². The normalized spacial score (nSPS) is 9.18. The molecule has 22 heavy (non-hydrogen) atoms. The number of benzene rings is 2. The lowest BCUT2D eigenvalue weighted by molar-refractivity contribution is 0.111. The Bertz CT molecular complexity index is 594. The van der Waals surface area contributed by atoms with E-state index in [-0.39, 0.29) is 22.6 Å². The maximum Gasteiger partial charge on any atom is 0.168 e. The van der Waals surface area contributed by atoms with Gasteiger partial charge >= 0.3 is 0 Å². The van der Waals surface area contributed by atoms with Crippen LogP contribution < -0.4 is 9.47 Å². The van der Waals surface area contributed by atoms with Crippen molar-refractivity contribution in [2.24, 2.45) is 0 Å². The lowest BCUT2D eigenvalue weighted by Gasteiger charge is -2.02. The second-order valence-electron chi connectivity index (χ2n) is 4.03. The number of hydrogen-bond acceptors (Lipinski definition) is 6. The fraction of sp³-hybridized carbons (Fsp3) is 0.125. The largest absolute Gasteiger partial charge is 0.504 e. The number of hydrogen-bond donors (Lipinski definition) is 2. The molecular weight excluding hydrogens is 288 g/mol. The quantitative estimate of drug-likeness (QED) is 0.843. The molecular formula is C16H16O6. The molecule has 0 aliphatic carbocycles. The summed E-state index contributed by atoms with van der Waals surface area (Å²) in [5.41, 5.74) is 0.480. The predicted molar refractivity (Wildman–Crippen MR) is 80.1 cm³/mol. The molecule has 116 valence electrons. The standard InChI is InChI=1S/2C8H8O3/c2*1-11-7-4-2-3-6(5-9)8(7)10/h2*2-5,10H,1H3. The zero-order valence-electron chi connectivity index (χ0n) is 12.1. The third-order valence-corrected chi connectivity index (χ3v) is 2.75. The minimum atomic E-state index is -0.106. The molecule has 0 atom stereocenters. The van der Waals surface area contributed by atoms with Crippen molar-refractivity contribution >= 4 is 12.6 Å². The van der Waals surface area contributed by atoms with Gasteiger partial charge in [0.2, 0.25) is 0 Å². The van der Waals surface area contributed by atoms with Gasteiger partial charge in [-0.1, -0.05) is 12.1 Å². The summed E-state index contributed by atoms with van der Waals surface area (Å²) in [5.74, 6) is 0.416. The van der Waals surface area contributed by atoms with Crippen LogP contribution in [0.4, 0.5) is 0 Å². The Balaban J connectivity index is 0.000000220. The molecule has 0 aromatic heterocycles. The van der Waals surface area contributed by atoms with Crippen molar-refractivity contribution in [1.29, 1.82) is 0 Å². The fourth-order valence-electron chi connectivity index (χ4n) is 1.60. The molecule has 0 aliphatic rings. The lowest BCUT2D eigenvalue weighted by atomic mass is 10.2. The highest BCUT2D eigenvalue weighted by atomic mass is 16.5. The number of ether oxygens (including phenoxy) is 2. The molecule has 2 N–H and O–H groups in total. The van der Waals surface area contributed by atoms with E-state index in [4.69, 9.17) is 9.47 Å². The summed E-state index contributed by atoms with van der Waals surface area (Å²) in [6, 6.07) is 9.49. The van der Waals surface area contributed by atoms with Gasteiger partial charge in [-0.3, -0.25) is 9.59 Å². The smallest absolute Gasteiger partial charge is 0.168 e. The van der Waals surface area contributed by atoms with E-state index >= 15 is 0 Å². The Labute approximate surface area is 127 Å². The Kier molecular flexibility index (Phi) is 6.43. The Hall–Kier alpha value is -3.02. The van der Waals surface area contributed by atoms with Crippen LogP contribution in [0, 0.1) is 0 Å². The molecule has 2 aromatic carbocycles. The van der Waals surface area contributed by atoms with Crippen LogP contribution in [0.2, 0.25) is 0 Å². The van der Waals surface area contributed by atoms with Crippen molar-refractivity contribution < 1.29 is 29.3 Å². The van der Waals surface area contributed by atoms with Crippen molar-refractivity contribution in [1.82, 2.24) is 0 Å². The van der Waals surface area contributed by atoms with Gasteiger partial charge in [0.25, 0.3) is 0 Å². The second-order valence-corrected chi connectivity index (χ2v) is 4.03. The maximum atomic E-state index is 10.3. The molecule has 0 unspecified atom stereocenters. The Morgan fingerprint density at radius 2 is 1.14 bits per heavy atom. The first-order chi connectivity index (χ1) is 10.6. The lowest BCUT2D eigenvalue weighted by Crippen LogP contribution is -1.86. The van der Waals surface area contributed by atoms with Gasteiger partial charge in [-0.2, -0.15) is 0 Å². The minimum Gasteiger partial charge on any atom is -0.504 e. The maximum absolute atomic E-state index is 10.3. The van der Waals surface area contributed by atoms with Crippen LogP contribution >= 0.6 is 0 Å². The summed E-state index contributed by atoms with van der Waals surface area (Å²) in [6.07, 6.45) is 1.16. The van der Waals surface area contributed by atoms with Crippen LogP contribution in [0.1, 0.15) is 20.7 Å². The highest BCUT2D eigenvalue weighted by molar-refractivity contribution is 5.81. The molecule has 0 bridgehead atoms. The molecule has 0 spiro atoms. The van der Waals surface area contributed by atoms with Crippen molar-refractivity contribution in [3.05, 3.63) is 47.5 Å². The average Bonchev–Trinajstić information content (AvgIpc) is 2.56. The van der Waals surface area contributed by atoms with E-state index in [1.165, 1.54) is 26.4 Å². The van der Waals surface area contributed by atoms with E-state index in [1.54, 1.807) is 24.3 Å². The zero-order chi connectivity index (χ0) is 16.5. The molecule has 0 heterocycles. The Morgan fingerprint density at radius 3 is 1.41 bits per heavy atom. The summed E-state index contributed by atoms with van der Waals surface area (Å²) in [4.78, 5) is 20.6. The molecule has 2 rings (SSSR count). The topological polar surface area (TPSA) is 93.1 Å². The van der Waals surface area contributed by atoms with Gasteiger partial charge in [-0.25, -0.2) is 0 Å². The Morgan fingerprint density at radius 1 is 0.773 bits per heavy atom. The number of phenols is 2. The first-order valence-corrected chi connectivity index (χ1v) is 6.21. The molecule has 0 radical (unpaired) electrons. The molecule has 0 saturated carbocycles. The summed E-state index contributed by atoms with van der Waals surface area (Å²) in [6.45, 7) is 0. The van der Waals surface area contributed by atoms with Gasteiger partial charge in [0.1, 0.15) is 0 Å². The van der Waals surface area contributed by atoms with E-state index in [2.05, 4.69) is 0 Å². The first kappa shape index (κ1) is 17.0. The van der Waals surface area contributed by atoms with Crippen LogP contribution in [-0.4, -0.2) is 37.0 Å². The van der Waals surface area contributed by atoms with Crippen molar-refractivity contribution in [3.8, 4) is 23.0 Å². The number of para-hydroxylation sites is 2. The molecule has 0 amide bonds. The van der Waals surface area contributed by atoms with Crippen molar-refractivity contribution in [2.75, 3.05) is 14.2 Å². The average molecular weight is 304 g/mol. The van der Waals surface area contributed by atoms with Gasteiger partial charge in [0, 0.05) is 0 Å². The van der Waals surface area contributed by atoms with E-state index in [1.807, 2.05) is 0 Å². The molecule has 0 fully saturated rings. The number of methoxy groups -OCH3 is 2. The van der Waals surface area contributed by atoms with Crippen LogP contribution in [0.15, 0.2) is 36.4 Å².